The molecule has 5 heteroatoms. The van der Waals surface area contributed by atoms with Gasteiger partial charge in [-0.15, -0.1) is 0 Å². The average molecular weight is 695 g/mol. The van der Waals surface area contributed by atoms with Gasteiger partial charge in [0.15, 0.2) is 5.58 Å². The lowest BCUT2D eigenvalue weighted by molar-refractivity contribution is 0.622. The van der Waals surface area contributed by atoms with Crippen LogP contribution in [0.15, 0.2) is 195 Å². The molecule has 54 heavy (non-hydrogen) atoms. The fraction of sp³-hybridized carbons (Fsp3) is 0. The largest absolute Gasteiger partial charge is 0.456 e. The summed E-state index contributed by atoms with van der Waals surface area (Å²) in [6.45, 7) is 0. The molecule has 0 atom stereocenters. The highest BCUT2D eigenvalue weighted by Crippen LogP contribution is 2.44. The first-order valence-corrected chi connectivity index (χ1v) is 18.0. The number of aromatic nitrogens is 1. The molecule has 5 nitrogen and oxygen atoms in total. The van der Waals surface area contributed by atoms with Crippen molar-refractivity contribution in [3.8, 4) is 33.7 Å². The third-order valence-electron chi connectivity index (χ3n) is 10.3. The van der Waals surface area contributed by atoms with Gasteiger partial charge in [0.2, 0.25) is 5.89 Å². The summed E-state index contributed by atoms with van der Waals surface area (Å²) in [6.07, 6.45) is 0. The van der Waals surface area contributed by atoms with E-state index in [4.69, 9.17) is 18.2 Å². The SMILES string of the molecule is c1ccc(-c2cccc(N(c3cccc(-c4cccc5oc6ccc7nc(-c8ccccc8)oc7c6c45)c3)c3ccc4c(c3)oc3ccccc34)c2)cc1. The number of nitrogens with zero attached hydrogens (tertiary/aromatic N) is 2. The van der Waals surface area contributed by atoms with Crippen molar-refractivity contribution in [3.63, 3.8) is 0 Å². The number of hydrogen-bond acceptors (Lipinski definition) is 5. The molecular formula is C49H30N2O3. The third-order valence-corrected chi connectivity index (χ3v) is 10.3. The lowest BCUT2D eigenvalue weighted by Gasteiger charge is -2.26. The summed E-state index contributed by atoms with van der Waals surface area (Å²) < 4.78 is 19.4. The van der Waals surface area contributed by atoms with E-state index >= 15 is 0 Å². The molecule has 0 aliphatic carbocycles. The molecule has 0 spiro atoms. The smallest absolute Gasteiger partial charge is 0.227 e. The minimum absolute atomic E-state index is 0.585. The molecule has 11 rings (SSSR count). The molecule has 11 aromatic rings. The van der Waals surface area contributed by atoms with E-state index in [1.54, 1.807) is 0 Å². The van der Waals surface area contributed by atoms with Crippen LogP contribution in [0.1, 0.15) is 0 Å². The topological polar surface area (TPSA) is 55.6 Å². The molecule has 0 fully saturated rings. The van der Waals surface area contributed by atoms with Crippen LogP contribution in [-0.4, -0.2) is 4.98 Å². The Hall–Kier alpha value is -7.37. The Balaban J connectivity index is 1.11. The van der Waals surface area contributed by atoms with Crippen molar-refractivity contribution < 1.29 is 13.3 Å². The number of oxazole rings is 1. The van der Waals surface area contributed by atoms with Gasteiger partial charge in [-0.05, 0) is 95.1 Å². The zero-order valence-corrected chi connectivity index (χ0v) is 28.9. The van der Waals surface area contributed by atoms with Crippen LogP contribution >= 0.6 is 0 Å². The van der Waals surface area contributed by atoms with Crippen LogP contribution < -0.4 is 4.90 Å². The molecule has 0 aliphatic heterocycles. The van der Waals surface area contributed by atoms with Crippen molar-refractivity contribution in [3.05, 3.63) is 182 Å². The lowest BCUT2D eigenvalue weighted by Crippen LogP contribution is -2.10. The number of para-hydroxylation sites is 1. The molecular weight excluding hydrogens is 665 g/mol. The van der Waals surface area contributed by atoms with E-state index < -0.39 is 0 Å². The summed E-state index contributed by atoms with van der Waals surface area (Å²) in [7, 11) is 0. The molecule has 0 radical (unpaired) electrons. The number of furan rings is 2. The molecule has 0 bridgehead atoms. The van der Waals surface area contributed by atoms with Crippen molar-refractivity contribution >= 4 is 72.0 Å². The van der Waals surface area contributed by atoms with E-state index in [1.165, 1.54) is 0 Å². The molecule has 3 heterocycles. The first-order chi connectivity index (χ1) is 26.7. The molecule has 0 unspecified atom stereocenters. The van der Waals surface area contributed by atoms with Gasteiger partial charge in [-0.1, -0.05) is 103 Å². The first-order valence-electron chi connectivity index (χ1n) is 18.0. The van der Waals surface area contributed by atoms with Crippen LogP contribution in [0, 0.1) is 0 Å². The van der Waals surface area contributed by atoms with Crippen molar-refractivity contribution in [2.75, 3.05) is 4.90 Å². The summed E-state index contributed by atoms with van der Waals surface area (Å²) in [5.74, 6) is 0.585. The van der Waals surface area contributed by atoms with E-state index in [0.717, 1.165) is 94.3 Å². The molecule has 0 saturated heterocycles. The fourth-order valence-corrected chi connectivity index (χ4v) is 7.80. The maximum atomic E-state index is 6.52. The van der Waals surface area contributed by atoms with Gasteiger partial charge < -0.3 is 18.2 Å². The molecule has 3 aromatic heterocycles. The Kier molecular flexibility index (Phi) is 6.79. The van der Waals surface area contributed by atoms with Crippen LogP contribution in [0.4, 0.5) is 17.1 Å². The van der Waals surface area contributed by atoms with Crippen LogP contribution in [0.25, 0.3) is 88.7 Å². The highest BCUT2D eigenvalue weighted by atomic mass is 16.4. The molecule has 0 aliphatic rings. The van der Waals surface area contributed by atoms with E-state index in [9.17, 15) is 0 Å². The monoisotopic (exact) mass is 694 g/mol. The van der Waals surface area contributed by atoms with Gasteiger partial charge in [0, 0.05) is 44.9 Å². The number of hydrogen-bond donors (Lipinski definition) is 0. The number of fused-ring (bicyclic) bond motifs is 8. The van der Waals surface area contributed by atoms with Crippen molar-refractivity contribution in [1.82, 2.24) is 4.98 Å². The Morgan fingerprint density at radius 1 is 0.370 bits per heavy atom. The van der Waals surface area contributed by atoms with Crippen molar-refractivity contribution in [1.29, 1.82) is 0 Å². The summed E-state index contributed by atoms with van der Waals surface area (Å²) in [4.78, 5) is 7.17. The minimum atomic E-state index is 0.585. The lowest BCUT2D eigenvalue weighted by atomic mass is 9.98. The quantitative estimate of drug-likeness (QED) is 0.173. The summed E-state index contributed by atoms with van der Waals surface area (Å²) in [5.41, 5.74) is 13.1. The second-order valence-corrected chi connectivity index (χ2v) is 13.5. The van der Waals surface area contributed by atoms with Gasteiger partial charge in [-0.3, -0.25) is 0 Å². The van der Waals surface area contributed by atoms with E-state index in [0.29, 0.717) is 11.5 Å². The summed E-state index contributed by atoms with van der Waals surface area (Å²) in [6, 6.07) is 62.8. The van der Waals surface area contributed by atoms with Crippen LogP contribution in [0.3, 0.4) is 0 Å². The second-order valence-electron chi connectivity index (χ2n) is 13.5. The maximum absolute atomic E-state index is 6.52. The molecule has 0 saturated carbocycles. The van der Waals surface area contributed by atoms with Gasteiger partial charge in [0.1, 0.15) is 27.8 Å². The predicted molar refractivity (Wildman–Crippen MR) is 220 cm³/mol. The second kappa shape index (κ2) is 12.1. The fourth-order valence-electron chi connectivity index (χ4n) is 7.80. The molecule has 0 N–H and O–H groups in total. The average Bonchev–Trinajstić information content (AvgIpc) is 3.95. The van der Waals surface area contributed by atoms with E-state index in [-0.39, 0.29) is 0 Å². The zero-order chi connectivity index (χ0) is 35.6. The third kappa shape index (κ3) is 4.90. The number of anilines is 3. The number of rotatable bonds is 6. The Morgan fingerprint density at radius 3 is 1.81 bits per heavy atom. The minimum Gasteiger partial charge on any atom is -0.456 e. The highest BCUT2D eigenvalue weighted by Gasteiger charge is 2.21. The first kappa shape index (κ1) is 30.3. The van der Waals surface area contributed by atoms with Gasteiger partial charge in [0.25, 0.3) is 0 Å². The Bertz CT molecular complexity index is 3170. The van der Waals surface area contributed by atoms with Crippen molar-refractivity contribution in [2.45, 2.75) is 0 Å². The van der Waals surface area contributed by atoms with Crippen LogP contribution in [0.2, 0.25) is 0 Å². The molecule has 254 valence electrons. The number of benzene rings is 8. The van der Waals surface area contributed by atoms with E-state index in [2.05, 4.69) is 120 Å². The normalized spacial score (nSPS) is 11.7. The Labute approximate surface area is 309 Å². The van der Waals surface area contributed by atoms with E-state index in [1.807, 2.05) is 66.7 Å². The summed E-state index contributed by atoms with van der Waals surface area (Å²) >= 11 is 0. The van der Waals surface area contributed by atoms with Gasteiger partial charge >= 0.3 is 0 Å². The molecule has 0 amide bonds. The summed E-state index contributed by atoms with van der Waals surface area (Å²) in [5, 5.41) is 4.11. The van der Waals surface area contributed by atoms with Crippen molar-refractivity contribution in [2.24, 2.45) is 0 Å². The highest BCUT2D eigenvalue weighted by molar-refractivity contribution is 6.21. The van der Waals surface area contributed by atoms with Gasteiger partial charge in [-0.25, -0.2) is 4.98 Å². The van der Waals surface area contributed by atoms with Gasteiger partial charge in [-0.2, -0.15) is 0 Å². The predicted octanol–water partition coefficient (Wildman–Crippen LogP) is 14.1. The van der Waals surface area contributed by atoms with Crippen LogP contribution in [0.5, 0.6) is 0 Å². The Morgan fingerprint density at radius 2 is 0.981 bits per heavy atom. The maximum Gasteiger partial charge on any atom is 0.227 e. The van der Waals surface area contributed by atoms with Gasteiger partial charge in [0.05, 0.1) is 5.39 Å². The zero-order valence-electron chi connectivity index (χ0n) is 28.9. The standard InChI is InChI=1S/C49H30N2O3/c1-3-12-31(13-4-1)33-16-9-18-35(28-33)51(37-24-25-40-39-20-7-8-22-42(39)52-45(40)30-37)36-19-10-17-34(29-36)38-21-11-23-43-46(38)47-44(53-43)27-26-41-48(47)54-49(50-41)32-14-5-2-6-15-32/h1-30H. The molecule has 8 aromatic carbocycles. The van der Waals surface area contributed by atoms with Crippen LogP contribution in [-0.2, 0) is 0 Å².